The number of ether oxygens (including phenoxy) is 1. The molecule has 0 aromatic carbocycles. The molecule has 1 unspecified atom stereocenters. The van der Waals surface area contributed by atoms with E-state index in [2.05, 4.69) is 15.1 Å². The number of nitrogens with one attached hydrogen (secondary N) is 3. The molecule has 152 valence electrons. The fourth-order valence-corrected chi connectivity index (χ4v) is 2.53. The smallest absolute Gasteiger partial charge is 0.373 e. The summed E-state index contributed by atoms with van der Waals surface area (Å²) in [6, 6.07) is -1.90. The van der Waals surface area contributed by atoms with Gasteiger partial charge in [-0.05, 0) is 13.3 Å². The van der Waals surface area contributed by atoms with Crippen molar-refractivity contribution in [3.63, 3.8) is 0 Å². The molecule has 0 radical (unpaired) electrons. The van der Waals surface area contributed by atoms with Crippen molar-refractivity contribution in [1.82, 2.24) is 21.2 Å². The van der Waals surface area contributed by atoms with Gasteiger partial charge in [0.05, 0.1) is 12.7 Å². The van der Waals surface area contributed by atoms with Crippen LogP contribution in [0.3, 0.4) is 0 Å². The predicted molar refractivity (Wildman–Crippen MR) is 88.9 cm³/mol. The zero-order valence-corrected chi connectivity index (χ0v) is 15.6. The highest BCUT2D eigenvalue weighted by Gasteiger charge is 2.29. The van der Waals surface area contributed by atoms with E-state index < -0.39 is 28.4 Å². The summed E-state index contributed by atoms with van der Waals surface area (Å²) >= 11 is 0. The van der Waals surface area contributed by atoms with Crippen molar-refractivity contribution in [2.24, 2.45) is 0 Å². The molecule has 12 nitrogen and oxygen atoms in total. The molecule has 0 aliphatic carbocycles. The third-order valence-corrected chi connectivity index (χ3v) is 3.82. The summed E-state index contributed by atoms with van der Waals surface area (Å²) in [7, 11) is -4.85. The van der Waals surface area contributed by atoms with Crippen LogP contribution in [0.15, 0.2) is 0 Å². The number of carbonyl (C=O) groups excluding carboxylic acids is 2. The summed E-state index contributed by atoms with van der Waals surface area (Å²) < 4.78 is 38.9. The van der Waals surface area contributed by atoms with Crippen molar-refractivity contribution in [3.05, 3.63) is 0 Å². The number of hydrogen-bond donors (Lipinski definition) is 4. The van der Waals surface area contributed by atoms with E-state index in [1.165, 1.54) is 0 Å². The van der Waals surface area contributed by atoms with Gasteiger partial charge in [0.25, 0.3) is 5.91 Å². The van der Waals surface area contributed by atoms with Crippen LogP contribution in [0.5, 0.6) is 0 Å². The molecular weight excluding hydrogens is 372 g/mol. The Balaban J connectivity index is 2.58. The number of morpholine rings is 1. The van der Waals surface area contributed by atoms with Gasteiger partial charge >= 0.3 is 16.4 Å². The number of rotatable bonds is 10. The Kier molecular flexibility index (Phi) is 9.75. The molecular formula is C13H26N4O8S. The molecule has 0 saturated carbocycles. The van der Waals surface area contributed by atoms with Crippen LogP contribution < -0.4 is 16.3 Å². The first kappa shape index (κ1) is 22.5. The second kappa shape index (κ2) is 11.3. The molecule has 1 aliphatic heterocycles. The molecule has 26 heavy (non-hydrogen) atoms. The molecule has 0 aromatic rings. The van der Waals surface area contributed by atoms with Crippen molar-refractivity contribution >= 4 is 22.3 Å². The van der Waals surface area contributed by atoms with Crippen LogP contribution in [-0.2, 0) is 29.1 Å². The lowest BCUT2D eigenvalue weighted by molar-refractivity contribution is -0.142. The summed E-state index contributed by atoms with van der Waals surface area (Å²) in [5.74, 6) is -0.570. The van der Waals surface area contributed by atoms with Crippen molar-refractivity contribution in [2.45, 2.75) is 38.8 Å². The highest BCUT2D eigenvalue weighted by molar-refractivity contribution is 7.80. The maximum atomic E-state index is 12.4. The second-order valence-electron chi connectivity index (χ2n) is 5.48. The SMILES string of the molecule is CCC[C@@H](C(=O)NOCC1CNCCO1)N(CC)C(=O)NOS(=O)(=O)O. The third-order valence-electron chi connectivity index (χ3n) is 3.52. The quantitative estimate of drug-likeness (QED) is 0.266. The molecule has 1 saturated heterocycles. The largest absolute Gasteiger partial charge is 0.418 e. The number of hydroxylamine groups is 2. The highest BCUT2D eigenvalue weighted by Crippen LogP contribution is 2.09. The van der Waals surface area contributed by atoms with Gasteiger partial charge < -0.3 is 15.0 Å². The van der Waals surface area contributed by atoms with Gasteiger partial charge in [0, 0.05) is 19.6 Å². The second-order valence-corrected chi connectivity index (χ2v) is 6.51. The molecule has 13 heteroatoms. The van der Waals surface area contributed by atoms with Gasteiger partial charge in [0.15, 0.2) is 0 Å². The van der Waals surface area contributed by atoms with Gasteiger partial charge in [-0.3, -0.25) is 14.2 Å². The number of likely N-dealkylation sites (N-methyl/N-ethyl adjacent to an activating group) is 1. The van der Waals surface area contributed by atoms with Crippen LogP contribution in [0, 0.1) is 0 Å². The Morgan fingerprint density at radius 2 is 2.12 bits per heavy atom. The Bertz CT molecular complexity index is 552. The summed E-state index contributed by atoms with van der Waals surface area (Å²) in [6.45, 7) is 5.57. The zero-order chi connectivity index (χ0) is 19.6. The monoisotopic (exact) mass is 398 g/mol. The topological polar surface area (TPSA) is 156 Å². The maximum absolute atomic E-state index is 12.4. The molecule has 0 aromatic heterocycles. The van der Waals surface area contributed by atoms with E-state index in [1.54, 1.807) is 12.4 Å². The number of nitrogens with zero attached hydrogens (tertiary/aromatic N) is 1. The van der Waals surface area contributed by atoms with E-state index in [0.717, 1.165) is 11.4 Å². The average molecular weight is 398 g/mol. The lowest BCUT2D eigenvalue weighted by Gasteiger charge is -2.29. The van der Waals surface area contributed by atoms with E-state index >= 15 is 0 Å². The Hall–Kier alpha value is -1.51. The van der Waals surface area contributed by atoms with Crippen molar-refractivity contribution < 1.29 is 36.4 Å². The van der Waals surface area contributed by atoms with E-state index in [0.29, 0.717) is 26.0 Å². The number of urea groups is 1. The number of carbonyl (C=O) groups is 2. The minimum absolute atomic E-state index is 0.0917. The molecule has 1 rings (SSSR count). The van der Waals surface area contributed by atoms with Crippen LogP contribution >= 0.6 is 0 Å². The molecule has 1 fully saturated rings. The average Bonchev–Trinajstić information content (AvgIpc) is 2.60. The summed E-state index contributed by atoms with van der Waals surface area (Å²) in [4.78, 5) is 30.6. The van der Waals surface area contributed by atoms with Crippen LogP contribution in [0.2, 0.25) is 0 Å². The van der Waals surface area contributed by atoms with Gasteiger partial charge in [-0.15, -0.1) is 4.28 Å². The molecule has 1 aliphatic rings. The molecule has 4 N–H and O–H groups in total. The Morgan fingerprint density at radius 1 is 1.38 bits per heavy atom. The van der Waals surface area contributed by atoms with E-state index in [9.17, 15) is 18.0 Å². The summed E-state index contributed by atoms with van der Waals surface area (Å²) in [6.07, 6.45) is 0.697. The van der Waals surface area contributed by atoms with Gasteiger partial charge in [0.1, 0.15) is 12.6 Å². The Labute approximate surface area is 152 Å². The Morgan fingerprint density at radius 3 is 2.65 bits per heavy atom. The normalized spacial score (nSPS) is 18.8. The van der Waals surface area contributed by atoms with Crippen molar-refractivity contribution in [1.29, 1.82) is 0 Å². The van der Waals surface area contributed by atoms with Crippen LogP contribution in [0.4, 0.5) is 4.79 Å². The zero-order valence-electron chi connectivity index (χ0n) is 14.8. The van der Waals surface area contributed by atoms with Gasteiger partial charge in [-0.2, -0.15) is 13.9 Å². The molecule has 3 amide bonds. The van der Waals surface area contributed by atoms with Gasteiger partial charge in [0.2, 0.25) is 0 Å². The lowest BCUT2D eigenvalue weighted by atomic mass is 10.1. The van der Waals surface area contributed by atoms with Crippen LogP contribution in [0.25, 0.3) is 0 Å². The van der Waals surface area contributed by atoms with E-state index in [1.807, 2.05) is 6.92 Å². The van der Waals surface area contributed by atoms with Crippen molar-refractivity contribution in [3.8, 4) is 0 Å². The fraction of sp³-hybridized carbons (Fsp3) is 0.846. The summed E-state index contributed by atoms with van der Waals surface area (Å²) in [5, 5.41) is 3.12. The first-order chi connectivity index (χ1) is 12.3. The lowest BCUT2D eigenvalue weighted by Crippen LogP contribution is -2.53. The summed E-state index contributed by atoms with van der Waals surface area (Å²) in [5.41, 5.74) is 3.86. The van der Waals surface area contributed by atoms with Crippen LogP contribution in [0.1, 0.15) is 26.7 Å². The molecule has 0 spiro atoms. The molecule has 0 bridgehead atoms. The van der Waals surface area contributed by atoms with Crippen LogP contribution in [-0.4, -0.2) is 74.8 Å². The minimum Gasteiger partial charge on any atom is -0.373 e. The molecule has 2 atom stereocenters. The first-order valence-electron chi connectivity index (χ1n) is 8.24. The maximum Gasteiger partial charge on any atom is 0.418 e. The third kappa shape index (κ3) is 8.25. The fourth-order valence-electron chi connectivity index (χ4n) is 2.35. The van der Waals surface area contributed by atoms with E-state index in [-0.39, 0.29) is 19.3 Å². The highest BCUT2D eigenvalue weighted by atomic mass is 32.3. The van der Waals surface area contributed by atoms with E-state index in [4.69, 9.17) is 14.1 Å². The standard InChI is InChI=1S/C13H26N4O8S/c1-3-5-11(17(4-2)13(19)16-25-26(20,21)22)12(18)15-24-9-10-8-14-6-7-23-10/h10-11,14H,3-9H2,1-2H3,(H,15,18)(H,16,19)(H,20,21,22)/t10?,11-/m0/s1. The van der Waals surface area contributed by atoms with Crippen molar-refractivity contribution in [2.75, 3.05) is 32.8 Å². The minimum atomic E-state index is -4.85. The van der Waals surface area contributed by atoms with Gasteiger partial charge in [-0.1, -0.05) is 13.3 Å². The molecule has 1 heterocycles. The van der Waals surface area contributed by atoms with Gasteiger partial charge in [-0.25, -0.2) is 10.3 Å². The number of amides is 3. The number of hydrogen-bond acceptors (Lipinski definition) is 8. The first-order valence-corrected chi connectivity index (χ1v) is 9.61. The predicted octanol–water partition coefficient (Wildman–Crippen LogP) is -1.04.